The smallest absolute Gasteiger partial charge is 0.329 e. The van der Waals surface area contributed by atoms with Gasteiger partial charge in [-0.25, -0.2) is 4.79 Å². The van der Waals surface area contributed by atoms with E-state index < -0.39 is 255 Å². The van der Waals surface area contributed by atoms with E-state index in [1.807, 2.05) is 16.0 Å². The van der Waals surface area contributed by atoms with Gasteiger partial charge >= 0.3 is 23.9 Å². The summed E-state index contributed by atoms with van der Waals surface area (Å²) < 4.78 is 5.68. The number of aliphatic hydroxyl groups is 1. The number of ether oxygens (including phenoxy) is 1. The summed E-state index contributed by atoms with van der Waals surface area (Å²) in [5.41, 5.74) is 23.7. The second kappa shape index (κ2) is 47.5. The van der Waals surface area contributed by atoms with Crippen LogP contribution in [0.25, 0.3) is 10.9 Å². The lowest BCUT2D eigenvalue weighted by molar-refractivity contribution is -0.156. The summed E-state index contributed by atoms with van der Waals surface area (Å²) in [7, 11) is 0. The molecular formula is C71H100N18O25. The monoisotopic (exact) mass is 1600 g/mol. The number of hydrogen-bond donors (Lipinski definition) is 22. The summed E-state index contributed by atoms with van der Waals surface area (Å²) in [5.74, 6) is -27.3. The number of carboxylic acids is 3. The highest BCUT2D eigenvalue weighted by Gasteiger charge is 2.40. The molecule has 3 aromatic rings. The predicted octanol–water partition coefficient (Wildman–Crippen LogP) is -6.47. The van der Waals surface area contributed by atoms with E-state index in [9.17, 15) is 116 Å². The number of para-hydroxylation sites is 2. The van der Waals surface area contributed by atoms with Gasteiger partial charge < -0.3 is 122 Å². The first-order chi connectivity index (χ1) is 53.9. The Labute approximate surface area is 651 Å². The minimum atomic E-state index is -2.40. The normalized spacial score (nSPS) is 21.0. The van der Waals surface area contributed by atoms with E-state index in [1.165, 1.54) is 24.3 Å². The summed E-state index contributed by atoms with van der Waals surface area (Å²) in [6, 6.07) is -10.1. The van der Waals surface area contributed by atoms with Gasteiger partial charge in [0, 0.05) is 54.0 Å². The van der Waals surface area contributed by atoms with Gasteiger partial charge in [0.15, 0.2) is 5.78 Å². The zero-order chi connectivity index (χ0) is 84.9. The number of rotatable bonds is 35. The molecule has 0 radical (unpaired) electrons. The largest absolute Gasteiger partial charge is 0.481 e. The van der Waals surface area contributed by atoms with Crippen molar-refractivity contribution in [2.45, 2.75) is 209 Å². The molecule has 43 nitrogen and oxygen atoms in total. The molecule has 1 saturated heterocycles. The molecule has 2 heterocycles. The fourth-order valence-electron chi connectivity index (χ4n) is 11.5. The number of hydrogen-bond acceptors (Lipinski definition) is 24. The van der Waals surface area contributed by atoms with Crippen LogP contribution in [-0.2, 0) is 102 Å². The first-order valence-corrected chi connectivity index (χ1v) is 36.5. The molecule has 2 aromatic carbocycles. The van der Waals surface area contributed by atoms with Crippen molar-refractivity contribution in [1.29, 1.82) is 0 Å². The minimum Gasteiger partial charge on any atom is -0.481 e. The van der Waals surface area contributed by atoms with E-state index in [0.717, 1.165) is 46.0 Å². The Balaban J connectivity index is 1.86. The predicted molar refractivity (Wildman–Crippen MR) is 397 cm³/mol. The third kappa shape index (κ3) is 32.3. The molecule has 1 aliphatic heterocycles. The number of benzene rings is 2. The van der Waals surface area contributed by atoms with Crippen LogP contribution in [0.1, 0.15) is 146 Å². The van der Waals surface area contributed by atoms with Gasteiger partial charge in [-0.3, -0.25) is 91.1 Å². The van der Waals surface area contributed by atoms with Crippen LogP contribution >= 0.6 is 0 Å². The van der Waals surface area contributed by atoms with Gasteiger partial charge in [-0.2, -0.15) is 0 Å². The van der Waals surface area contributed by atoms with E-state index in [1.54, 1.807) is 30.5 Å². The van der Waals surface area contributed by atoms with E-state index in [0.29, 0.717) is 29.3 Å². The van der Waals surface area contributed by atoms with Crippen molar-refractivity contribution in [3.63, 3.8) is 0 Å². The number of ketones is 1. The average molecular weight is 1610 g/mol. The zero-order valence-electron chi connectivity index (χ0n) is 62.9. The van der Waals surface area contributed by atoms with Gasteiger partial charge in [-0.15, -0.1) is 0 Å². The van der Waals surface area contributed by atoms with Crippen LogP contribution in [0, 0.1) is 0 Å². The van der Waals surface area contributed by atoms with Crippen molar-refractivity contribution >= 4 is 135 Å². The summed E-state index contributed by atoms with van der Waals surface area (Å²) in [6.07, 6.45) is -2.73. The van der Waals surface area contributed by atoms with Crippen LogP contribution in [0.15, 0.2) is 54.7 Å². The third-order valence-electron chi connectivity index (χ3n) is 17.5. The van der Waals surface area contributed by atoms with Gasteiger partial charge in [0.1, 0.15) is 72.6 Å². The summed E-state index contributed by atoms with van der Waals surface area (Å²) >= 11 is 0. The number of primary amides is 2. The van der Waals surface area contributed by atoms with Crippen LogP contribution in [0.2, 0.25) is 0 Å². The third-order valence-corrected chi connectivity index (χ3v) is 17.5. The fraction of sp³-hybridized carbons (Fsp3) is 0.521. The number of cyclic esters (lactones) is 1. The Bertz CT molecular complexity index is 4000. The fourth-order valence-corrected chi connectivity index (χ4v) is 11.5. The number of aliphatic carboxylic acids is 3. The Morgan fingerprint density at radius 2 is 1.04 bits per heavy atom. The average Bonchev–Trinajstić information content (AvgIpc) is 1.64. The number of nitrogen functional groups attached to an aromatic ring is 1. The highest BCUT2D eigenvalue weighted by molar-refractivity contribution is 6.05. The number of carbonyl (C=O) groups is 20. The lowest BCUT2D eigenvalue weighted by Crippen LogP contribution is -2.62. The maximum absolute atomic E-state index is 14.8. The molecule has 0 spiro atoms. The molecule has 0 aliphatic carbocycles. The van der Waals surface area contributed by atoms with Gasteiger partial charge in [0.2, 0.25) is 88.6 Å². The van der Waals surface area contributed by atoms with Crippen LogP contribution in [0.3, 0.4) is 0 Å². The number of aliphatic hydroxyl groups excluding tert-OH is 1. The molecule has 15 amide bonds. The molecular weight excluding hydrogens is 1500 g/mol. The number of carbonyl (C=O) groups excluding carboxylic acids is 17. The second-order valence-electron chi connectivity index (χ2n) is 26.8. The second-order valence-corrected chi connectivity index (χ2v) is 26.8. The number of aromatic nitrogens is 1. The van der Waals surface area contributed by atoms with E-state index >= 15 is 0 Å². The first kappa shape index (κ1) is 93.7. The molecule has 0 saturated carbocycles. The van der Waals surface area contributed by atoms with Gasteiger partial charge in [0.05, 0.1) is 45.4 Å². The van der Waals surface area contributed by atoms with Crippen molar-refractivity contribution in [3.8, 4) is 0 Å². The number of nitrogens with one attached hydrogen (secondary N) is 14. The Hall–Kier alpha value is -12.7. The molecule has 114 heavy (non-hydrogen) atoms. The maximum atomic E-state index is 14.8. The molecule has 1 fully saturated rings. The summed E-state index contributed by atoms with van der Waals surface area (Å²) in [6.45, 7) is 0.104. The van der Waals surface area contributed by atoms with Gasteiger partial charge in [0.25, 0.3) is 0 Å². The number of esters is 1. The number of unbranched alkanes of at least 4 members (excludes halogenated alkanes) is 6. The number of aromatic amines is 1. The van der Waals surface area contributed by atoms with Crippen molar-refractivity contribution in [3.05, 3.63) is 65.9 Å². The van der Waals surface area contributed by atoms with Gasteiger partial charge in [-0.1, -0.05) is 75.8 Å². The van der Waals surface area contributed by atoms with Crippen molar-refractivity contribution < 1.29 is 121 Å². The Morgan fingerprint density at radius 3 is 1.62 bits per heavy atom. The lowest BCUT2D eigenvalue weighted by Gasteiger charge is -2.29. The molecule has 4 rings (SSSR count). The molecule has 624 valence electrons. The van der Waals surface area contributed by atoms with Crippen LogP contribution < -0.4 is 92.1 Å². The number of amides is 15. The minimum absolute atomic E-state index is 0.00611. The number of anilines is 1. The molecule has 0 unspecified atom stereocenters. The number of Topliss-reactive ketones (excluding diaryl/α,β-unsaturated/α-hetero) is 1. The van der Waals surface area contributed by atoms with Crippen molar-refractivity contribution in [1.82, 2.24) is 74.1 Å². The molecule has 0 bridgehead atoms. The zero-order valence-corrected chi connectivity index (χ0v) is 62.9. The number of H-pyrrole nitrogens is 1. The number of fused-ring (bicyclic) bond motifs is 1. The van der Waals surface area contributed by atoms with Crippen molar-refractivity contribution in [2.75, 3.05) is 32.0 Å². The topological polar surface area (TPSA) is 708 Å². The Morgan fingerprint density at radius 1 is 0.526 bits per heavy atom. The van der Waals surface area contributed by atoms with E-state index in [-0.39, 0.29) is 43.5 Å². The van der Waals surface area contributed by atoms with E-state index in [2.05, 4.69) is 65.1 Å². The molecule has 12 atom stereocenters. The molecule has 1 aromatic heterocycles. The summed E-state index contributed by atoms with van der Waals surface area (Å²) in [4.78, 5) is 276. The van der Waals surface area contributed by atoms with Gasteiger partial charge in [-0.05, 0) is 69.8 Å². The number of carboxylic acid groups (broad SMARTS) is 3. The van der Waals surface area contributed by atoms with Crippen LogP contribution in [0.4, 0.5) is 5.69 Å². The molecule has 1 aliphatic rings. The SMILES string of the molecule is CCCCCCCCCC(=O)N[C@@H](Cc1c[nH]c2ccccc12)C(=O)N[C@@H](CC(N)=O)C(=O)N[C@@H](CC(N)=O)C(=O)N[C@@H]1C(=O)NCC(=O)N[C@@H](CCCN)C(=O)N[C@@H](CC(=O)O)C(=O)N[C@H](C)C(=O)N[C@@H](CC(=O)O)C(=O)NCC(=O)N[C@H](CO)C(=O)N[C@@H](CCC(=O)O)C(=O)N[C@@H](CC(=O)c2ccccc2N)C(=O)O[C@@H]1C. The summed E-state index contributed by atoms with van der Waals surface area (Å²) in [5, 5.41) is 68.3. The maximum Gasteiger partial charge on any atom is 0.329 e. The highest BCUT2D eigenvalue weighted by Crippen LogP contribution is 2.21. The van der Waals surface area contributed by atoms with Crippen LogP contribution in [0.5, 0.6) is 0 Å². The molecule has 43 heteroatoms. The lowest BCUT2D eigenvalue weighted by atomic mass is 10.0. The Kier molecular flexibility index (Phi) is 39.0. The number of nitrogens with two attached hydrogens (primary N) is 4. The quantitative estimate of drug-likeness (QED) is 0.0113. The van der Waals surface area contributed by atoms with Crippen LogP contribution in [-0.4, -0.2) is 242 Å². The first-order valence-electron chi connectivity index (χ1n) is 36.5. The highest BCUT2D eigenvalue weighted by atomic mass is 16.5. The van der Waals surface area contributed by atoms with Crippen molar-refractivity contribution in [2.24, 2.45) is 17.2 Å². The molecule has 26 N–H and O–H groups in total. The van der Waals surface area contributed by atoms with E-state index in [4.69, 9.17) is 27.7 Å². The standard InChI is InChI=1S/C71H100N18O25/c1-4-5-6-7-8-9-10-21-54(94)81-44(25-37-31-76-41-19-14-12-16-38(37)41)66(108)85-45(27-52(74)92)67(109)86-46(28-53(75)93)68(110)89-60-36(3)114-71(113)49(26-51(91)39-17-11-13-18-40(39)73)88-64(106)43(22-23-57(97)98)83-69(111)50(34-90)82-56(96)32-77-62(104)47(29-58(99)100)84-61(103)35(2)79-65(107)48(30-59(101)102)87-63(105)42(20-15-24-72)80-55(95)33-78-70(60)112/h11-14,16-19,31,35-36,42-50,60,76,90H,4-10,15,20-30,32-34,72-73H2,1-3H3,(H2,74,92)(H2,75,93)(H,77,104)(H,78,112)(H,79,107)(H,80,95)(H,81,94)(H,82,96)(H,83,111)(H,84,103)(H,85,108)(H,86,109)(H,87,105)(H,88,106)(H,89,110)(H,97,98)(H,99,100)(H,101,102)/t35-,36-,42+,43+,44+,45+,46+,47+,48+,49+,50-,60+/m1/s1.